The minimum atomic E-state index is -0.0349. The number of amides is 1. The number of hydrogen-bond acceptors (Lipinski definition) is 4. The highest BCUT2D eigenvalue weighted by molar-refractivity contribution is 5.81. The predicted molar refractivity (Wildman–Crippen MR) is 77.0 cm³/mol. The molecule has 0 aromatic rings. The summed E-state index contributed by atoms with van der Waals surface area (Å²) in [5.74, 6) is 0.148. The highest BCUT2D eigenvalue weighted by Gasteiger charge is 2.26. The van der Waals surface area contributed by atoms with Crippen LogP contribution in [0.15, 0.2) is 0 Å². The summed E-state index contributed by atoms with van der Waals surface area (Å²) >= 11 is 0. The fourth-order valence-corrected chi connectivity index (χ4v) is 2.37. The van der Waals surface area contributed by atoms with Crippen LogP contribution < -0.4 is 11.1 Å². The molecule has 1 unspecified atom stereocenters. The fourth-order valence-electron chi connectivity index (χ4n) is 2.37. The Morgan fingerprint density at radius 2 is 2.16 bits per heavy atom. The van der Waals surface area contributed by atoms with Crippen molar-refractivity contribution in [3.8, 4) is 0 Å². The number of piperidine rings is 1. The lowest BCUT2D eigenvalue weighted by Crippen LogP contribution is -2.49. The van der Waals surface area contributed by atoms with E-state index in [0.29, 0.717) is 19.3 Å². The number of nitrogens with two attached hydrogens (primary N) is 1. The van der Waals surface area contributed by atoms with Crippen LogP contribution in [-0.2, 0) is 9.53 Å². The lowest BCUT2D eigenvalue weighted by atomic mass is 10.1. The molecule has 0 aromatic carbocycles. The number of nitrogens with one attached hydrogen (secondary N) is 1. The van der Waals surface area contributed by atoms with Crippen LogP contribution >= 0.6 is 0 Å². The van der Waals surface area contributed by atoms with E-state index in [4.69, 9.17) is 10.5 Å². The first kappa shape index (κ1) is 16.4. The van der Waals surface area contributed by atoms with Crippen molar-refractivity contribution in [2.24, 2.45) is 5.73 Å². The van der Waals surface area contributed by atoms with Crippen molar-refractivity contribution in [3.63, 3.8) is 0 Å². The van der Waals surface area contributed by atoms with Gasteiger partial charge < -0.3 is 15.8 Å². The molecule has 1 rings (SSSR count). The van der Waals surface area contributed by atoms with Crippen molar-refractivity contribution in [1.29, 1.82) is 0 Å². The smallest absolute Gasteiger partial charge is 0.237 e. The van der Waals surface area contributed by atoms with Gasteiger partial charge in [0, 0.05) is 26.2 Å². The second-order valence-corrected chi connectivity index (χ2v) is 5.22. The molecule has 5 nitrogen and oxygen atoms in total. The van der Waals surface area contributed by atoms with Gasteiger partial charge in [0.15, 0.2) is 0 Å². The molecule has 0 saturated carbocycles. The molecule has 1 atom stereocenters. The van der Waals surface area contributed by atoms with Crippen molar-refractivity contribution in [2.75, 3.05) is 32.8 Å². The molecule has 3 N–H and O–H groups in total. The van der Waals surface area contributed by atoms with E-state index in [0.717, 1.165) is 45.3 Å². The van der Waals surface area contributed by atoms with Gasteiger partial charge in [-0.15, -0.1) is 0 Å². The third kappa shape index (κ3) is 5.89. The van der Waals surface area contributed by atoms with Crippen LogP contribution in [0.1, 0.15) is 39.5 Å². The Balaban J connectivity index is 2.23. The third-order valence-electron chi connectivity index (χ3n) is 3.70. The second kappa shape index (κ2) is 9.28. The van der Waals surface area contributed by atoms with Gasteiger partial charge in [-0.2, -0.15) is 0 Å². The largest absolute Gasteiger partial charge is 0.377 e. The van der Waals surface area contributed by atoms with Crippen molar-refractivity contribution in [3.05, 3.63) is 0 Å². The van der Waals surface area contributed by atoms with Crippen molar-refractivity contribution in [1.82, 2.24) is 10.2 Å². The number of nitrogens with zero attached hydrogens (tertiary/aromatic N) is 1. The first-order valence-corrected chi connectivity index (χ1v) is 7.52. The molecule has 1 amide bonds. The third-order valence-corrected chi connectivity index (χ3v) is 3.70. The van der Waals surface area contributed by atoms with Gasteiger partial charge >= 0.3 is 0 Å². The molecular weight excluding hydrogens is 242 g/mol. The summed E-state index contributed by atoms with van der Waals surface area (Å²) in [6.07, 6.45) is 4.46. The van der Waals surface area contributed by atoms with E-state index in [1.165, 1.54) is 0 Å². The van der Waals surface area contributed by atoms with Gasteiger partial charge in [-0.25, -0.2) is 0 Å². The normalized spacial score (nSPS) is 19.3. The Labute approximate surface area is 116 Å². The zero-order valence-electron chi connectivity index (χ0n) is 12.4. The maximum absolute atomic E-state index is 12.0. The van der Waals surface area contributed by atoms with Gasteiger partial charge in [-0.1, -0.05) is 13.3 Å². The van der Waals surface area contributed by atoms with Gasteiger partial charge in [-0.05, 0) is 26.2 Å². The quantitative estimate of drug-likeness (QED) is 0.639. The monoisotopic (exact) mass is 271 g/mol. The lowest BCUT2D eigenvalue weighted by Gasteiger charge is -2.35. The molecule has 1 aliphatic heterocycles. The molecule has 1 aliphatic rings. The molecule has 1 saturated heterocycles. The van der Waals surface area contributed by atoms with E-state index in [2.05, 4.69) is 17.1 Å². The standard InChI is InChI=1S/C14H29N3O2/c1-3-4-8-16-14(18)12(2)17-9-5-13(6-10-17)19-11-7-15/h12-13H,3-11,15H2,1-2H3,(H,16,18). The number of ether oxygens (including phenoxy) is 1. The van der Waals surface area contributed by atoms with Gasteiger partial charge in [0.05, 0.1) is 18.8 Å². The molecule has 5 heteroatoms. The van der Waals surface area contributed by atoms with Crippen LogP contribution in [0, 0.1) is 0 Å². The summed E-state index contributed by atoms with van der Waals surface area (Å²) in [5.41, 5.74) is 5.43. The average molecular weight is 271 g/mol. The minimum Gasteiger partial charge on any atom is -0.377 e. The van der Waals surface area contributed by atoms with Gasteiger partial charge in [-0.3, -0.25) is 9.69 Å². The molecule has 0 aromatic heterocycles. The fraction of sp³-hybridized carbons (Fsp3) is 0.929. The Morgan fingerprint density at radius 1 is 1.47 bits per heavy atom. The van der Waals surface area contributed by atoms with Gasteiger partial charge in [0.2, 0.25) is 5.91 Å². The molecule has 0 aliphatic carbocycles. The maximum atomic E-state index is 12.0. The summed E-state index contributed by atoms with van der Waals surface area (Å²) in [4.78, 5) is 14.2. The minimum absolute atomic E-state index is 0.0349. The molecule has 1 fully saturated rings. The van der Waals surface area contributed by atoms with E-state index in [1.54, 1.807) is 0 Å². The summed E-state index contributed by atoms with van der Waals surface area (Å²) in [5, 5.41) is 3.00. The average Bonchev–Trinajstić information content (AvgIpc) is 2.45. The summed E-state index contributed by atoms with van der Waals surface area (Å²) in [6, 6.07) is -0.0349. The Kier molecular flexibility index (Phi) is 8.02. The highest BCUT2D eigenvalue weighted by Crippen LogP contribution is 2.15. The summed E-state index contributed by atoms with van der Waals surface area (Å²) in [7, 11) is 0. The molecular formula is C14H29N3O2. The Hall–Kier alpha value is -0.650. The Morgan fingerprint density at radius 3 is 2.74 bits per heavy atom. The predicted octanol–water partition coefficient (Wildman–Crippen LogP) is 0.731. The van der Waals surface area contributed by atoms with Crippen molar-refractivity contribution < 1.29 is 9.53 Å². The van der Waals surface area contributed by atoms with E-state index >= 15 is 0 Å². The van der Waals surface area contributed by atoms with Crippen molar-refractivity contribution >= 4 is 5.91 Å². The molecule has 19 heavy (non-hydrogen) atoms. The molecule has 112 valence electrons. The number of carbonyl (C=O) groups excluding carboxylic acids is 1. The maximum Gasteiger partial charge on any atom is 0.237 e. The molecule has 0 radical (unpaired) electrons. The van der Waals surface area contributed by atoms with E-state index < -0.39 is 0 Å². The first-order chi connectivity index (χ1) is 9.19. The first-order valence-electron chi connectivity index (χ1n) is 7.52. The number of hydrogen-bond donors (Lipinski definition) is 2. The van der Waals surface area contributed by atoms with Crippen LogP contribution in [0.5, 0.6) is 0 Å². The topological polar surface area (TPSA) is 67.6 Å². The summed E-state index contributed by atoms with van der Waals surface area (Å²) < 4.78 is 5.65. The van der Waals surface area contributed by atoms with Crippen LogP contribution in [0.4, 0.5) is 0 Å². The second-order valence-electron chi connectivity index (χ2n) is 5.22. The Bertz CT molecular complexity index is 253. The SMILES string of the molecule is CCCCNC(=O)C(C)N1CCC(OCCN)CC1. The highest BCUT2D eigenvalue weighted by atomic mass is 16.5. The number of carbonyl (C=O) groups is 1. The zero-order valence-corrected chi connectivity index (χ0v) is 12.4. The van der Waals surface area contributed by atoms with Gasteiger partial charge in [0.25, 0.3) is 0 Å². The molecule has 1 heterocycles. The van der Waals surface area contributed by atoms with Crippen LogP contribution in [0.3, 0.4) is 0 Å². The number of unbranched alkanes of at least 4 members (excludes halogenated alkanes) is 1. The van der Waals surface area contributed by atoms with E-state index in [1.807, 2.05) is 6.92 Å². The zero-order chi connectivity index (χ0) is 14.1. The number of likely N-dealkylation sites (tertiary alicyclic amines) is 1. The van der Waals surface area contributed by atoms with E-state index in [-0.39, 0.29) is 11.9 Å². The summed E-state index contributed by atoms with van der Waals surface area (Å²) in [6.45, 7) is 7.98. The lowest BCUT2D eigenvalue weighted by molar-refractivity contribution is -0.127. The van der Waals surface area contributed by atoms with Crippen LogP contribution in [0.25, 0.3) is 0 Å². The van der Waals surface area contributed by atoms with Crippen molar-refractivity contribution in [2.45, 2.75) is 51.7 Å². The molecule has 0 bridgehead atoms. The number of rotatable bonds is 8. The van der Waals surface area contributed by atoms with Crippen LogP contribution in [0.2, 0.25) is 0 Å². The van der Waals surface area contributed by atoms with Crippen LogP contribution in [-0.4, -0.2) is 55.7 Å². The van der Waals surface area contributed by atoms with Gasteiger partial charge in [0.1, 0.15) is 0 Å². The molecule has 0 spiro atoms. The van der Waals surface area contributed by atoms with E-state index in [9.17, 15) is 4.79 Å².